The van der Waals surface area contributed by atoms with Crippen molar-refractivity contribution in [2.24, 2.45) is 0 Å². The van der Waals surface area contributed by atoms with Crippen molar-refractivity contribution >= 4 is 23.7 Å². The van der Waals surface area contributed by atoms with E-state index in [0.29, 0.717) is 31.1 Å². The maximum Gasteiger partial charge on any atom is 0.324 e. The third-order valence-electron chi connectivity index (χ3n) is 5.08. The van der Waals surface area contributed by atoms with Crippen LogP contribution in [0.1, 0.15) is 13.3 Å². The van der Waals surface area contributed by atoms with E-state index in [9.17, 15) is 9.59 Å². The zero-order valence-corrected chi connectivity index (χ0v) is 19.3. The number of amides is 3. The highest BCUT2D eigenvalue weighted by Crippen LogP contribution is 2.30. The second-order valence-electron chi connectivity index (χ2n) is 7.20. The number of hydrogen-bond acceptors (Lipinski definition) is 7. The monoisotopic (exact) mass is 467 g/mol. The van der Waals surface area contributed by atoms with Gasteiger partial charge in [0.1, 0.15) is 11.5 Å². The molecule has 3 aromatic rings. The molecule has 172 valence electrons. The summed E-state index contributed by atoms with van der Waals surface area (Å²) >= 11 is 1.53. The van der Waals surface area contributed by atoms with Gasteiger partial charge in [-0.25, -0.2) is 4.79 Å². The van der Waals surface area contributed by atoms with Gasteiger partial charge >= 0.3 is 6.03 Å². The van der Waals surface area contributed by atoms with Gasteiger partial charge in [-0.3, -0.25) is 14.3 Å². The van der Waals surface area contributed by atoms with Crippen LogP contribution in [0.3, 0.4) is 0 Å². The van der Waals surface area contributed by atoms with Crippen LogP contribution in [-0.4, -0.2) is 64.2 Å². The Morgan fingerprint density at radius 1 is 1.03 bits per heavy atom. The summed E-state index contributed by atoms with van der Waals surface area (Å²) in [5.41, 5.74) is 1.81. The predicted octanol–water partition coefficient (Wildman–Crippen LogP) is 3.38. The standard InChI is InChI=1S/C23H25N5O4S/c1-3-32-19-11-7-17(8-12-19)28-21(16-5-9-18(31-2)10-6-16)25-26-23(28)33-14-4-13-27-20(29)15-24-22(27)30/h5-12H,3-4,13-15H2,1-2H3,(H,24,30). The van der Waals surface area contributed by atoms with Crippen molar-refractivity contribution in [2.45, 2.75) is 18.5 Å². The van der Waals surface area contributed by atoms with E-state index in [2.05, 4.69) is 15.5 Å². The number of nitrogens with one attached hydrogen (secondary N) is 1. The number of hydrogen-bond donors (Lipinski definition) is 1. The molecule has 3 amide bonds. The summed E-state index contributed by atoms with van der Waals surface area (Å²) < 4.78 is 12.8. The Kier molecular flexibility index (Phi) is 7.13. The Balaban J connectivity index is 1.56. The lowest BCUT2D eigenvalue weighted by Crippen LogP contribution is -2.32. The van der Waals surface area contributed by atoms with Crippen molar-refractivity contribution in [1.82, 2.24) is 25.0 Å². The van der Waals surface area contributed by atoms with Crippen LogP contribution in [0.2, 0.25) is 0 Å². The van der Waals surface area contributed by atoms with Crippen LogP contribution in [0, 0.1) is 0 Å². The van der Waals surface area contributed by atoms with Gasteiger partial charge in [-0.05, 0) is 61.9 Å². The van der Waals surface area contributed by atoms with E-state index in [1.807, 2.05) is 60.0 Å². The molecule has 0 unspecified atom stereocenters. The number of aromatic nitrogens is 3. The molecule has 9 nitrogen and oxygen atoms in total. The maximum atomic E-state index is 11.8. The molecule has 1 aliphatic heterocycles. The summed E-state index contributed by atoms with van der Waals surface area (Å²) in [7, 11) is 1.63. The number of nitrogens with zero attached hydrogens (tertiary/aromatic N) is 4. The van der Waals surface area contributed by atoms with Crippen molar-refractivity contribution in [2.75, 3.05) is 32.6 Å². The smallest absolute Gasteiger partial charge is 0.324 e. The van der Waals surface area contributed by atoms with E-state index in [4.69, 9.17) is 9.47 Å². The Bertz CT molecular complexity index is 1100. The predicted molar refractivity (Wildman–Crippen MR) is 125 cm³/mol. The molecule has 1 aliphatic rings. The first kappa shape index (κ1) is 22.7. The first-order valence-electron chi connectivity index (χ1n) is 10.6. The number of carbonyl (C=O) groups is 2. The van der Waals surface area contributed by atoms with Crippen LogP contribution in [0.5, 0.6) is 11.5 Å². The molecule has 1 aromatic heterocycles. The molecular weight excluding hydrogens is 442 g/mol. The van der Waals surface area contributed by atoms with Crippen LogP contribution in [0.4, 0.5) is 4.79 Å². The summed E-state index contributed by atoms with van der Waals surface area (Å²) in [6.07, 6.45) is 0.651. The fraction of sp³-hybridized carbons (Fsp3) is 0.304. The number of imide groups is 1. The maximum absolute atomic E-state index is 11.8. The summed E-state index contributed by atoms with van der Waals surface area (Å²) in [6, 6.07) is 15.1. The Morgan fingerprint density at radius 2 is 1.76 bits per heavy atom. The van der Waals surface area contributed by atoms with E-state index >= 15 is 0 Å². The summed E-state index contributed by atoms with van der Waals surface area (Å²) in [4.78, 5) is 24.7. The van der Waals surface area contributed by atoms with Gasteiger partial charge in [0.15, 0.2) is 11.0 Å². The highest BCUT2D eigenvalue weighted by atomic mass is 32.2. The number of methoxy groups -OCH3 is 1. The van der Waals surface area contributed by atoms with Crippen molar-refractivity contribution in [1.29, 1.82) is 0 Å². The van der Waals surface area contributed by atoms with Gasteiger partial charge in [-0.1, -0.05) is 11.8 Å². The van der Waals surface area contributed by atoms with Crippen LogP contribution >= 0.6 is 11.8 Å². The van der Waals surface area contributed by atoms with Gasteiger partial charge in [-0.2, -0.15) is 0 Å². The van der Waals surface area contributed by atoms with Gasteiger partial charge < -0.3 is 14.8 Å². The normalized spacial score (nSPS) is 13.3. The summed E-state index contributed by atoms with van der Waals surface area (Å²) in [5.74, 6) is 2.75. The van der Waals surface area contributed by atoms with E-state index in [1.54, 1.807) is 7.11 Å². The fourth-order valence-corrected chi connectivity index (χ4v) is 4.32. The van der Waals surface area contributed by atoms with Crippen molar-refractivity contribution in [3.05, 3.63) is 48.5 Å². The minimum Gasteiger partial charge on any atom is -0.497 e. The van der Waals surface area contributed by atoms with Crippen molar-refractivity contribution in [3.63, 3.8) is 0 Å². The van der Waals surface area contributed by atoms with Gasteiger partial charge in [0.05, 0.1) is 20.3 Å². The number of urea groups is 1. The lowest BCUT2D eigenvalue weighted by Gasteiger charge is -2.13. The van der Waals surface area contributed by atoms with Crippen LogP contribution in [0.15, 0.2) is 53.7 Å². The minimum absolute atomic E-state index is 0.0727. The van der Waals surface area contributed by atoms with Crippen LogP contribution in [-0.2, 0) is 4.79 Å². The molecule has 0 atom stereocenters. The molecule has 1 fully saturated rings. The molecule has 33 heavy (non-hydrogen) atoms. The number of ether oxygens (including phenoxy) is 2. The molecule has 0 saturated carbocycles. The molecule has 4 rings (SSSR count). The first-order chi connectivity index (χ1) is 16.1. The third-order valence-corrected chi connectivity index (χ3v) is 6.10. The van der Waals surface area contributed by atoms with E-state index in [1.165, 1.54) is 16.7 Å². The summed E-state index contributed by atoms with van der Waals surface area (Å²) in [6.45, 7) is 2.99. The fourth-order valence-electron chi connectivity index (χ4n) is 3.45. The molecule has 0 aliphatic carbocycles. The Hall–Kier alpha value is -3.53. The molecule has 0 bridgehead atoms. The molecular formula is C23H25N5O4S. The number of rotatable bonds is 10. The SMILES string of the molecule is CCOc1ccc(-n2c(SCCCN3C(=O)CNC3=O)nnc2-c2ccc(OC)cc2)cc1. The second-order valence-corrected chi connectivity index (χ2v) is 8.27. The highest BCUT2D eigenvalue weighted by molar-refractivity contribution is 7.99. The lowest BCUT2D eigenvalue weighted by atomic mass is 10.2. The topological polar surface area (TPSA) is 98.6 Å². The molecule has 10 heteroatoms. The van der Waals surface area contributed by atoms with E-state index < -0.39 is 0 Å². The highest BCUT2D eigenvalue weighted by Gasteiger charge is 2.27. The molecule has 0 spiro atoms. The number of thioether (sulfide) groups is 1. The second kappa shape index (κ2) is 10.4. The first-order valence-corrected chi connectivity index (χ1v) is 11.6. The Morgan fingerprint density at radius 3 is 2.39 bits per heavy atom. The average molecular weight is 468 g/mol. The minimum atomic E-state index is -0.329. The Labute approximate surface area is 196 Å². The van der Waals surface area contributed by atoms with E-state index in [0.717, 1.165) is 27.9 Å². The van der Waals surface area contributed by atoms with Crippen LogP contribution in [0.25, 0.3) is 17.1 Å². The molecule has 0 radical (unpaired) electrons. The molecule has 1 saturated heterocycles. The largest absolute Gasteiger partial charge is 0.497 e. The molecule has 1 N–H and O–H groups in total. The van der Waals surface area contributed by atoms with Crippen molar-refractivity contribution < 1.29 is 19.1 Å². The third kappa shape index (κ3) is 5.11. The lowest BCUT2D eigenvalue weighted by molar-refractivity contribution is -0.124. The van der Waals surface area contributed by atoms with Gasteiger partial charge in [-0.15, -0.1) is 10.2 Å². The number of carbonyl (C=O) groups excluding carboxylic acids is 2. The van der Waals surface area contributed by atoms with Crippen LogP contribution < -0.4 is 14.8 Å². The molecule has 2 aromatic carbocycles. The van der Waals surface area contributed by atoms with Crippen molar-refractivity contribution in [3.8, 4) is 28.6 Å². The van der Waals surface area contributed by atoms with Gasteiger partial charge in [0.2, 0.25) is 5.91 Å². The van der Waals surface area contributed by atoms with E-state index in [-0.39, 0.29) is 18.5 Å². The van der Waals surface area contributed by atoms with Gasteiger partial charge in [0.25, 0.3) is 0 Å². The quantitative estimate of drug-likeness (QED) is 0.277. The zero-order chi connectivity index (χ0) is 23.2. The molecule has 2 heterocycles. The zero-order valence-electron chi connectivity index (χ0n) is 18.5. The summed E-state index contributed by atoms with van der Waals surface area (Å²) in [5, 5.41) is 12.1. The van der Waals surface area contributed by atoms with Gasteiger partial charge in [0, 0.05) is 23.5 Å². The number of benzene rings is 2. The average Bonchev–Trinajstić information content (AvgIpc) is 3.40.